The Hall–Kier alpha value is -3.85. The number of esters is 2. The van der Waals surface area contributed by atoms with Gasteiger partial charge in [0.15, 0.2) is 0 Å². The number of carbonyl (C=O) groups is 4. The van der Waals surface area contributed by atoms with E-state index in [1.165, 1.54) is 73.0 Å². The van der Waals surface area contributed by atoms with Gasteiger partial charge in [0, 0.05) is 125 Å². The number of carboxylic acids is 2. The van der Waals surface area contributed by atoms with E-state index in [9.17, 15) is 57.5 Å². The molecule has 37 heteroatoms. The number of hydrogen-bond donors (Lipinski definition) is 4. The molecule has 4 N–H and O–H groups in total. The number of methoxy groups -OCH3 is 2. The van der Waals surface area contributed by atoms with Gasteiger partial charge in [-0.25, -0.2) is 9.97 Å². The Morgan fingerprint density at radius 2 is 0.876 bits per heavy atom. The van der Waals surface area contributed by atoms with E-state index >= 15 is 0 Å². The zero-order chi connectivity index (χ0) is 85.3. The topological polar surface area (TPSA) is 302 Å². The molecule has 2 saturated heterocycles. The Bertz CT molecular complexity index is 4700. The van der Waals surface area contributed by atoms with E-state index in [1.807, 2.05) is 30.5 Å². The second-order valence-corrected chi connectivity index (χ2v) is 34.7. The zero-order valence-corrected chi connectivity index (χ0v) is 81.2. The number of fused-ring (bicyclic) bond motifs is 2. The van der Waals surface area contributed by atoms with Crippen molar-refractivity contribution >= 4 is 65.7 Å². The number of halogens is 9. The number of rotatable bonds is 16. The van der Waals surface area contributed by atoms with Gasteiger partial charge in [0.2, 0.25) is 11.8 Å². The molecule has 6 fully saturated rings. The summed E-state index contributed by atoms with van der Waals surface area (Å²) in [6.07, 6.45) is 18.2. The number of benzene rings is 5. The van der Waals surface area contributed by atoms with Crippen LogP contribution in [0, 0.1) is 46.9 Å². The summed E-state index contributed by atoms with van der Waals surface area (Å²) in [6, 6.07) is 50.5. The first-order valence-corrected chi connectivity index (χ1v) is 41.8. The van der Waals surface area contributed by atoms with E-state index in [0.717, 1.165) is 107 Å². The Morgan fingerprint density at radius 1 is 0.537 bits per heavy atom. The van der Waals surface area contributed by atoms with Gasteiger partial charge in [0.05, 0.1) is 26.1 Å². The van der Waals surface area contributed by atoms with Crippen molar-refractivity contribution in [3.63, 3.8) is 0 Å². The Balaban J connectivity index is 0.000000283. The first-order chi connectivity index (χ1) is 55.2. The van der Waals surface area contributed by atoms with E-state index in [1.54, 1.807) is 6.20 Å². The van der Waals surface area contributed by atoms with Crippen LogP contribution in [0.4, 0.5) is 39.5 Å². The Kier molecular flexibility index (Phi) is 42.7. The van der Waals surface area contributed by atoms with Crippen LogP contribution in [0.25, 0.3) is 0 Å². The fraction of sp³-hybridized carbons (Fsp3) is 0.429. The van der Waals surface area contributed by atoms with Crippen molar-refractivity contribution in [2.45, 2.75) is 164 Å². The van der Waals surface area contributed by atoms with Gasteiger partial charge in [-0.2, -0.15) is 47.9 Å². The van der Waals surface area contributed by atoms with E-state index in [-0.39, 0.29) is 210 Å². The van der Waals surface area contributed by atoms with Crippen LogP contribution in [0.5, 0.6) is 17.5 Å². The Morgan fingerprint density at radius 3 is 1.22 bits per heavy atom. The normalized spacial score (nSPS) is 18.9. The van der Waals surface area contributed by atoms with Gasteiger partial charge in [0.1, 0.15) is 18.0 Å². The molecule has 0 amide bonds. The quantitative estimate of drug-likeness (QED) is 0.0267. The van der Waals surface area contributed by atoms with Crippen LogP contribution in [0.3, 0.4) is 0 Å². The number of pyridine rings is 2. The average molecular weight is 1920 g/mol. The van der Waals surface area contributed by atoms with Crippen molar-refractivity contribution in [3.8, 4) is 41.7 Å². The van der Waals surface area contributed by atoms with Crippen LogP contribution >= 0.6 is 15.7 Å². The summed E-state index contributed by atoms with van der Waals surface area (Å²) in [5.41, 5.74) is 6.92. The predicted molar refractivity (Wildman–Crippen MR) is 415 cm³/mol. The minimum absolute atomic E-state index is 0. The molecule has 2 spiro atoms. The number of carboxylic acid groups (broad SMARTS) is 2. The molecule has 0 atom stereocenters. The summed E-state index contributed by atoms with van der Waals surface area (Å²) in [4.78, 5) is 77.4. The van der Waals surface area contributed by atoms with E-state index < -0.39 is 66.8 Å². The molecule has 4 saturated carbocycles. The summed E-state index contributed by atoms with van der Waals surface area (Å²) in [5, 5.41) is 12.1. The van der Waals surface area contributed by atoms with Gasteiger partial charge in [-0.3, -0.25) is 33.5 Å². The number of aliphatic carboxylic acids is 2. The first-order valence-electron chi connectivity index (χ1n) is 37.5. The monoisotopic (exact) mass is 1910 g/mol. The molecule has 0 unspecified atom stereocenters. The van der Waals surface area contributed by atoms with Crippen LogP contribution < -0.4 is 189 Å². The second-order valence-electron chi connectivity index (χ2n) is 29.9. The largest absolute Gasteiger partial charge is 1.00 e. The van der Waals surface area contributed by atoms with Crippen LogP contribution in [-0.2, 0) is 89.4 Å². The summed E-state index contributed by atoms with van der Waals surface area (Å²) in [6.45, 7) is 5.68. The molecule has 15 rings (SSSR count). The number of alkyl halides is 9. The number of likely N-dealkylation sites (tertiary alicyclic amines) is 2. The van der Waals surface area contributed by atoms with E-state index in [2.05, 4.69) is 151 Å². The molecular formula is C84H90F9K3N4O17P2PdS+2. The van der Waals surface area contributed by atoms with Gasteiger partial charge < -0.3 is 48.0 Å². The minimum Gasteiger partial charge on any atom is -0.756 e. The zero-order valence-electron chi connectivity index (χ0n) is 67.7. The molecule has 638 valence electrons. The standard InChI is InChI=1S/C29H32N2O3.C21H20F9NO5S.C18H15P.C12H13NO.2C2H4O2.3K.H3O4P.Pd/c1-33-28(32)23-13-25(14-23)31-18-29(19-31)15-22-10-8-20(12-24(22)16-29)6-7-21-9-11-27(30-17-21)34-26-4-2-3-5-26;1-35-16(32)12-4-14(5-12)31-9-17(10-31)7-11-2-3-15(6-13(11)8-17)36-37(33,34)21(29,30)19(24,25)18(22,23)20(26,27)28;1-4-10-16(11-5-1)19(17-12-6-2-7-13-17)18-14-8-3-9-15-18;1-2-10-7-8-12(13-9-10)14-11-5-3-4-6-11;2*1-2(3)4;;;;1-5(2,3)4;/h8-12,17,23,25-26H,2-5,13-16,18-19H2,1H3;2-3,6,12,14H,4-5,7-10H2,1H3;1-15H;1,7-9,11H,3-6H2;2*1H3,(H,3,4);;;;(H3,1,2,3,4);/q;;;;;;3*+1;;/p-1. The van der Waals surface area contributed by atoms with Crippen LogP contribution in [0.1, 0.15) is 130 Å². The maximum Gasteiger partial charge on any atom is 1.00 e. The second kappa shape index (κ2) is 48.0. The predicted octanol–water partition coefficient (Wildman–Crippen LogP) is 3.79. The summed E-state index contributed by atoms with van der Waals surface area (Å²) >= 11 is 0. The number of aromatic nitrogens is 2. The van der Waals surface area contributed by atoms with Gasteiger partial charge >= 0.3 is 199 Å². The summed E-state index contributed by atoms with van der Waals surface area (Å²) < 4.78 is 176. The van der Waals surface area contributed by atoms with Crippen molar-refractivity contribution in [1.29, 1.82) is 0 Å². The Labute approximate surface area is 840 Å². The van der Waals surface area contributed by atoms with Crippen molar-refractivity contribution in [2.75, 3.05) is 40.4 Å². The van der Waals surface area contributed by atoms with Gasteiger partial charge in [0.25, 0.3) is 19.8 Å². The van der Waals surface area contributed by atoms with E-state index in [0.29, 0.717) is 85.3 Å². The molecule has 2 aromatic heterocycles. The fourth-order valence-electron chi connectivity index (χ4n) is 15.3. The van der Waals surface area contributed by atoms with Crippen LogP contribution in [0.2, 0.25) is 0 Å². The number of hydrogen-bond acceptors (Lipinski definition) is 17. The van der Waals surface area contributed by atoms with Gasteiger partial charge in [-0.15, -0.1) is 6.42 Å². The maximum atomic E-state index is 13.9. The molecule has 5 aromatic carbocycles. The summed E-state index contributed by atoms with van der Waals surface area (Å²) in [7, 11) is -9.53. The minimum atomic E-state index is -7.36. The van der Waals surface area contributed by atoms with Crippen LogP contribution in [-0.4, -0.2) is 160 Å². The van der Waals surface area contributed by atoms with Crippen molar-refractivity contribution in [2.24, 2.45) is 22.7 Å². The maximum absolute atomic E-state index is 13.9. The smallest absolute Gasteiger partial charge is 0.756 e. The molecule has 21 nitrogen and oxygen atoms in total. The molecule has 121 heavy (non-hydrogen) atoms. The third-order valence-corrected chi connectivity index (χ3v) is 24.7. The molecule has 7 aromatic rings. The molecule has 2 aliphatic heterocycles. The SMILES string of the molecule is C#Cc1ccc(OC2CCCC2)nc1.CC(=O)O.CC(=O)O.COC(=O)C1CC(N2CC3(Cc4ccc(C#Cc5ccc(OC6CCCC6)nc5)cc4C3)C2)C1.COC(=O)C1CC(N2CC3(Cc4ccc(OS(=O)(=O)C(F)(F)C(F)(F)C(F)(F)C(F)(F)F)cc4C3)C2)C1.O=P([O-])(O)O.[K+].[K+].[K+].[Pd].c1ccc(P(c2ccccc2)c2ccccc2)cc1. The van der Waals surface area contributed by atoms with Crippen LogP contribution in [0.15, 0.2) is 164 Å². The first kappa shape index (κ1) is 108. The number of carbonyl (C=O) groups excluding carboxylic acids is 2. The third kappa shape index (κ3) is 30.1. The van der Waals surface area contributed by atoms with E-state index in [4.69, 9.17) is 64.4 Å². The van der Waals surface area contributed by atoms with Crippen molar-refractivity contribution in [1.82, 2.24) is 19.8 Å². The summed E-state index contributed by atoms with van der Waals surface area (Å²) in [5.74, 6) is -7.19. The molecule has 0 radical (unpaired) electrons. The number of terminal acetylenes is 1. The van der Waals surface area contributed by atoms with Gasteiger partial charge in [-0.1, -0.05) is 121 Å². The molecular weight excluding hydrogens is 1830 g/mol. The number of nitrogens with zero attached hydrogens (tertiary/aromatic N) is 4. The third-order valence-electron chi connectivity index (χ3n) is 21.0. The van der Waals surface area contributed by atoms with Crippen molar-refractivity contribution in [3.05, 3.63) is 203 Å². The number of phosphoric acid groups is 1. The molecule has 8 aliphatic rings. The number of ether oxygens (including phenoxy) is 4. The molecule has 4 heterocycles. The van der Waals surface area contributed by atoms with Crippen molar-refractivity contribution < 1.29 is 294 Å². The molecule has 6 aliphatic carbocycles. The van der Waals surface area contributed by atoms with Gasteiger partial charge in [-0.05, 0) is 185 Å². The fourth-order valence-corrected chi connectivity index (χ4v) is 18.5. The average Bonchev–Trinajstić information content (AvgIpc) is 1.63. The molecule has 0 bridgehead atoms.